The molecule has 0 saturated heterocycles. The first-order valence-corrected chi connectivity index (χ1v) is 10.2. The maximum absolute atomic E-state index is 2.23. The summed E-state index contributed by atoms with van der Waals surface area (Å²) in [5.41, 5.74) is 7.13. The van der Waals surface area contributed by atoms with Crippen LogP contribution in [0.25, 0.3) is 23.3 Å². The van der Waals surface area contributed by atoms with E-state index in [4.69, 9.17) is 0 Å². The molecule has 0 aliphatic carbocycles. The lowest BCUT2D eigenvalue weighted by Gasteiger charge is -2.07. The Balaban J connectivity index is 1.76. The number of hydrogen-bond acceptors (Lipinski definition) is 0. The van der Waals surface area contributed by atoms with E-state index in [1.165, 1.54) is 33.4 Å². The number of rotatable bonds is 6. The van der Waals surface area contributed by atoms with Crippen LogP contribution in [-0.2, 0) is 0 Å². The van der Waals surface area contributed by atoms with Gasteiger partial charge in [-0.1, -0.05) is 133 Å². The second-order valence-corrected chi connectivity index (χ2v) is 7.09. The average molecular weight is 385 g/mol. The fourth-order valence-corrected chi connectivity index (χ4v) is 3.35. The summed E-state index contributed by atoms with van der Waals surface area (Å²) >= 11 is 0. The standard InChI is InChI=1S/C30H24/c1-5-13-25(14-6-1)23-29(27-17-9-3-10-18-27)21-22-30(28-19-11-4-12-20-28)24-26-15-7-2-8-16-26/h1-24H/b22-21+,29-23-,30-24+. The quantitative estimate of drug-likeness (QED) is 0.233. The monoisotopic (exact) mass is 384 g/mol. The summed E-state index contributed by atoms with van der Waals surface area (Å²) in [7, 11) is 0. The molecule has 0 aromatic heterocycles. The third-order valence-corrected chi connectivity index (χ3v) is 4.90. The van der Waals surface area contributed by atoms with Crippen molar-refractivity contribution in [2.45, 2.75) is 0 Å². The van der Waals surface area contributed by atoms with Crippen molar-refractivity contribution in [3.05, 3.63) is 156 Å². The van der Waals surface area contributed by atoms with Gasteiger partial charge in [-0.05, 0) is 45.6 Å². The lowest BCUT2D eigenvalue weighted by molar-refractivity contribution is 1.60. The molecular formula is C30H24. The molecule has 0 fully saturated rings. The van der Waals surface area contributed by atoms with Gasteiger partial charge in [-0.15, -0.1) is 0 Å². The molecule has 30 heavy (non-hydrogen) atoms. The first-order chi connectivity index (χ1) is 14.9. The molecule has 0 bridgehead atoms. The molecule has 4 aromatic carbocycles. The minimum Gasteiger partial charge on any atom is -0.0622 e. The van der Waals surface area contributed by atoms with Crippen molar-refractivity contribution < 1.29 is 0 Å². The Morgan fingerprint density at radius 2 is 0.667 bits per heavy atom. The van der Waals surface area contributed by atoms with Crippen LogP contribution in [0, 0.1) is 0 Å². The fourth-order valence-electron chi connectivity index (χ4n) is 3.35. The summed E-state index contributed by atoms with van der Waals surface area (Å²) in [6.07, 6.45) is 8.89. The molecule has 0 heterocycles. The van der Waals surface area contributed by atoms with E-state index in [0.717, 1.165) is 0 Å². The Morgan fingerprint density at radius 1 is 0.367 bits per heavy atom. The third kappa shape index (κ3) is 5.33. The predicted octanol–water partition coefficient (Wildman–Crippen LogP) is 8.02. The maximum Gasteiger partial charge on any atom is -0.0178 e. The summed E-state index contributed by atoms with van der Waals surface area (Å²) in [6, 6.07) is 42.0. The van der Waals surface area contributed by atoms with E-state index in [1.54, 1.807) is 0 Å². The molecule has 0 nitrogen and oxygen atoms in total. The summed E-state index contributed by atoms with van der Waals surface area (Å²) < 4.78 is 0. The van der Waals surface area contributed by atoms with Crippen molar-refractivity contribution in [2.75, 3.05) is 0 Å². The third-order valence-electron chi connectivity index (χ3n) is 4.90. The molecule has 144 valence electrons. The van der Waals surface area contributed by atoms with E-state index in [-0.39, 0.29) is 0 Å². The Hall–Kier alpha value is -3.90. The maximum atomic E-state index is 2.23. The second kappa shape index (κ2) is 10.0. The van der Waals surface area contributed by atoms with Gasteiger partial charge in [0.15, 0.2) is 0 Å². The highest BCUT2D eigenvalue weighted by atomic mass is 14.1. The summed E-state index contributed by atoms with van der Waals surface area (Å²) in [6.45, 7) is 0. The highest BCUT2D eigenvalue weighted by Gasteiger charge is 2.02. The van der Waals surface area contributed by atoms with Gasteiger partial charge in [0, 0.05) is 0 Å². The lowest BCUT2D eigenvalue weighted by Crippen LogP contribution is -1.84. The van der Waals surface area contributed by atoms with Gasteiger partial charge in [0.25, 0.3) is 0 Å². The largest absolute Gasteiger partial charge is 0.0622 e. The minimum absolute atomic E-state index is 1.18. The van der Waals surface area contributed by atoms with Gasteiger partial charge in [-0.2, -0.15) is 0 Å². The second-order valence-electron chi connectivity index (χ2n) is 7.09. The zero-order valence-corrected chi connectivity index (χ0v) is 16.9. The number of allylic oxidation sites excluding steroid dienone is 4. The van der Waals surface area contributed by atoms with Gasteiger partial charge < -0.3 is 0 Å². The molecule has 0 aliphatic rings. The number of benzene rings is 4. The van der Waals surface area contributed by atoms with Crippen molar-refractivity contribution >= 4 is 23.3 Å². The van der Waals surface area contributed by atoms with E-state index in [2.05, 4.69) is 133 Å². The average Bonchev–Trinajstić information content (AvgIpc) is 2.83. The lowest BCUT2D eigenvalue weighted by atomic mass is 9.98. The van der Waals surface area contributed by atoms with Crippen LogP contribution < -0.4 is 0 Å². The first kappa shape index (κ1) is 19.4. The van der Waals surface area contributed by atoms with Crippen molar-refractivity contribution in [3.63, 3.8) is 0 Å². The van der Waals surface area contributed by atoms with Crippen molar-refractivity contribution in [1.82, 2.24) is 0 Å². The molecule has 0 heteroatoms. The van der Waals surface area contributed by atoms with Crippen LogP contribution >= 0.6 is 0 Å². The highest BCUT2D eigenvalue weighted by Crippen LogP contribution is 2.24. The zero-order valence-electron chi connectivity index (χ0n) is 16.9. The highest BCUT2D eigenvalue weighted by molar-refractivity contribution is 5.93. The van der Waals surface area contributed by atoms with Crippen LogP contribution in [0.3, 0.4) is 0 Å². The van der Waals surface area contributed by atoms with Crippen LogP contribution in [0.4, 0.5) is 0 Å². The van der Waals surface area contributed by atoms with Crippen molar-refractivity contribution in [2.24, 2.45) is 0 Å². The van der Waals surface area contributed by atoms with Gasteiger partial charge >= 0.3 is 0 Å². The van der Waals surface area contributed by atoms with Crippen LogP contribution in [0.1, 0.15) is 22.3 Å². The molecular weight excluding hydrogens is 360 g/mol. The van der Waals surface area contributed by atoms with Gasteiger partial charge in [0.2, 0.25) is 0 Å². The minimum atomic E-state index is 1.18. The van der Waals surface area contributed by atoms with Crippen molar-refractivity contribution in [3.8, 4) is 0 Å². The molecule has 0 radical (unpaired) electrons. The summed E-state index contributed by atoms with van der Waals surface area (Å²) in [5, 5.41) is 0. The Morgan fingerprint density at radius 3 is 1.00 bits per heavy atom. The smallest absolute Gasteiger partial charge is 0.0178 e. The first-order valence-electron chi connectivity index (χ1n) is 10.2. The van der Waals surface area contributed by atoms with Gasteiger partial charge in [0.1, 0.15) is 0 Å². The van der Waals surface area contributed by atoms with E-state index in [0.29, 0.717) is 0 Å². The van der Waals surface area contributed by atoms with Crippen molar-refractivity contribution in [1.29, 1.82) is 0 Å². The Labute approximate surface area is 179 Å². The molecule has 0 unspecified atom stereocenters. The van der Waals surface area contributed by atoms with Crippen LogP contribution in [-0.4, -0.2) is 0 Å². The van der Waals surface area contributed by atoms with Crippen LogP contribution in [0.5, 0.6) is 0 Å². The van der Waals surface area contributed by atoms with E-state index < -0.39 is 0 Å². The molecule has 0 N–H and O–H groups in total. The zero-order chi connectivity index (χ0) is 20.4. The molecule has 4 rings (SSSR count). The van der Waals surface area contributed by atoms with Crippen LogP contribution in [0.15, 0.2) is 133 Å². The normalized spacial score (nSPS) is 12.3. The Kier molecular flexibility index (Phi) is 6.50. The van der Waals surface area contributed by atoms with Gasteiger partial charge in [-0.25, -0.2) is 0 Å². The van der Waals surface area contributed by atoms with E-state index >= 15 is 0 Å². The molecule has 0 amide bonds. The van der Waals surface area contributed by atoms with Gasteiger partial charge in [0.05, 0.1) is 0 Å². The van der Waals surface area contributed by atoms with Crippen LogP contribution in [0.2, 0.25) is 0 Å². The SMILES string of the molecule is C(=C(/C=C/C(=C\c1ccccc1)c1ccccc1)c1ccccc1)\c1ccccc1. The van der Waals surface area contributed by atoms with E-state index in [1.807, 2.05) is 12.1 Å². The molecule has 4 aromatic rings. The summed E-state index contributed by atoms with van der Waals surface area (Å²) in [5.74, 6) is 0. The Bertz CT molecular complexity index is 1040. The fraction of sp³-hybridized carbons (Fsp3) is 0. The molecule has 0 spiro atoms. The van der Waals surface area contributed by atoms with Gasteiger partial charge in [-0.3, -0.25) is 0 Å². The summed E-state index contributed by atoms with van der Waals surface area (Å²) in [4.78, 5) is 0. The van der Waals surface area contributed by atoms with E-state index in [9.17, 15) is 0 Å². The topological polar surface area (TPSA) is 0 Å². The molecule has 0 saturated carbocycles. The molecule has 0 atom stereocenters. The number of hydrogen-bond donors (Lipinski definition) is 0. The molecule has 0 aliphatic heterocycles. The predicted molar refractivity (Wildman–Crippen MR) is 131 cm³/mol.